The molecule has 0 saturated heterocycles. The molecule has 4 fully saturated rings. The molecular weight excluding hydrogens is 436 g/mol. The van der Waals surface area contributed by atoms with Gasteiger partial charge in [-0.1, -0.05) is 37.6 Å². The number of anilines is 1. The van der Waals surface area contributed by atoms with Crippen LogP contribution in [0.3, 0.4) is 0 Å². The number of hydrogen-bond donors (Lipinski definition) is 2. The Hall–Kier alpha value is -2.53. The van der Waals surface area contributed by atoms with Crippen molar-refractivity contribution in [2.45, 2.75) is 78.3 Å². The summed E-state index contributed by atoms with van der Waals surface area (Å²) in [7, 11) is 0. The highest BCUT2D eigenvalue weighted by molar-refractivity contribution is 5.91. The van der Waals surface area contributed by atoms with Gasteiger partial charge in [0, 0.05) is 17.8 Å². The van der Waals surface area contributed by atoms with Crippen molar-refractivity contribution in [3.05, 3.63) is 53.6 Å². The lowest BCUT2D eigenvalue weighted by molar-refractivity contribution is -0.118. The SMILES string of the molecule is CCOc1cc(CNC23CC4C[C@@](C)(C2)C[C@](C)(C4)C3)ccc1OCC(=O)Nc1ccc(C)cc1. The lowest BCUT2D eigenvalue weighted by Crippen LogP contribution is -2.63. The van der Waals surface area contributed by atoms with Gasteiger partial charge in [-0.05, 0) is 98.9 Å². The molecule has 6 rings (SSSR count). The largest absolute Gasteiger partial charge is 0.490 e. The molecule has 188 valence electrons. The van der Waals surface area contributed by atoms with Gasteiger partial charge in [0.15, 0.2) is 18.1 Å². The average Bonchev–Trinajstić information content (AvgIpc) is 2.76. The summed E-state index contributed by atoms with van der Waals surface area (Å²) >= 11 is 0. The third-order valence-electron chi connectivity index (χ3n) is 8.30. The van der Waals surface area contributed by atoms with E-state index in [9.17, 15) is 4.79 Å². The quantitative estimate of drug-likeness (QED) is 0.449. The van der Waals surface area contributed by atoms with Crippen LogP contribution in [-0.2, 0) is 11.3 Å². The fourth-order valence-corrected chi connectivity index (χ4v) is 7.96. The number of hydrogen-bond acceptors (Lipinski definition) is 4. The molecule has 0 aromatic heterocycles. The molecule has 2 aromatic rings. The molecule has 2 unspecified atom stereocenters. The molecule has 2 aromatic carbocycles. The topological polar surface area (TPSA) is 59.6 Å². The Morgan fingerprint density at radius 3 is 2.31 bits per heavy atom. The van der Waals surface area contributed by atoms with E-state index in [1.54, 1.807) is 0 Å². The summed E-state index contributed by atoms with van der Waals surface area (Å²) < 4.78 is 11.7. The summed E-state index contributed by atoms with van der Waals surface area (Å²) in [4.78, 5) is 12.4. The van der Waals surface area contributed by atoms with E-state index in [4.69, 9.17) is 9.47 Å². The third-order valence-corrected chi connectivity index (χ3v) is 8.30. The van der Waals surface area contributed by atoms with Gasteiger partial charge in [0.25, 0.3) is 5.91 Å². The first kappa shape index (κ1) is 24.2. The zero-order valence-corrected chi connectivity index (χ0v) is 21.7. The number of carbonyl (C=O) groups is 1. The molecule has 4 aliphatic carbocycles. The van der Waals surface area contributed by atoms with Crippen LogP contribution in [0.15, 0.2) is 42.5 Å². The predicted molar refractivity (Wildman–Crippen MR) is 140 cm³/mol. The molecular formula is C30H40N2O3. The number of rotatable bonds is 9. The number of ether oxygens (including phenoxy) is 2. The van der Waals surface area contributed by atoms with Crippen molar-refractivity contribution in [2.24, 2.45) is 16.7 Å². The maximum absolute atomic E-state index is 12.4. The minimum Gasteiger partial charge on any atom is -0.490 e. The fourth-order valence-electron chi connectivity index (χ4n) is 7.96. The minimum atomic E-state index is -0.189. The average molecular weight is 477 g/mol. The van der Waals surface area contributed by atoms with Crippen LogP contribution in [0.4, 0.5) is 5.69 Å². The molecule has 35 heavy (non-hydrogen) atoms. The van der Waals surface area contributed by atoms with E-state index in [1.807, 2.05) is 44.2 Å². The molecule has 0 radical (unpaired) electrons. The molecule has 4 aliphatic rings. The van der Waals surface area contributed by atoms with Crippen LogP contribution in [0, 0.1) is 23.7 Å². The number of aryl methyl sites for hydroxylation is 1. The normalized spacial score (nSPS) is 30.8. The molecule has 4 bridgehead atoms. The van der Waals surface area contributed by atoms with Gasteiger partial charge in [-0.25, -0.2) is 0 Å². The second-order valence-electron chi connectivity index (χ2n) is 12.2. The van der Waals surface area contributed by atoms with E-state index >= 15 is 0 Å². The van der Waals surface area contributed by atoms with Crippen LogP contribution in [0.1, 0.15) is 70.4 Å². The van der Waals surface area contributed by atoms with Crippen LogP contribution in [-0.4, -0.2) is 24.7 Å². The van der Waals surface area contributed by atoms with Gasteiger partial charge in [0.2, 0.25) is 0 Å². The second-order valence-corrected chi connectivity index (χ2v) is 12.2. The number of nitrogens with one attached hydrogen (secondary N) is 2. The summed E-state index contributed by atoms with van der Waals surface area (Å²) in [5.41, 5.74) is 4.36. The van der Waals surface area contributed by atoms with Gasteiger partial charge in [0.1, 0.15) is 0 Å². The first-order valence-electron chi connectivity index (χ1n) is 13.2. The predicted octanol–water partition coefficient (Wildman–Crippen LogP) is 6.25. The van der Waals surface area contributed by atoms with Crippen molar-refractivity contribution in [1.82, 2.24) is 5.32 Å². The Balaban J connectivity index is 1.21. The smallest absolute Gasteiger partial charge is 0.262 e. The molecule has 2 N–H and O–H groups in total. The zero-order chi connectivity index (χ0) is 24.7. The summed E-state index contributed by atoms with van der Waals surface area (Å²) in [6, 6.07) is 13.8. The highest BCUT2D eigenvalue weighted by atomic mass is 16.5. The highest BCUT2D eigenvalue weighted by Gasteiger charge is 2.59. The van der Waals surface area contributed by atoms with Gasteiger partial charge >= 0.3 is 0 Å². The molecule has 1 amide bonds. The standard InChI is InChI=1S/C30H40N2O3/c1-5-34-26-12-22(8-11-25(26)35-17-27(33)32-24-9-6-21(2)7-10-24)16-31-30-15-23-13-28(3,19-30)18-29(4,14-23)20-30/h6-12,23,31H,5,13-20H2,1-4H3,(H,32,33)/t23?,28-,29+,30?. The van der Waals surface area contributed by atoms with Crippen molar-refractivity contribution in [3.8, 4) is 11.5 Å². The van der Waals surface area contributed by atoms with E-state index < -0.39 is 0 Å². The Morgan fingerprint density at radius 1 is 0.943 bits per heavy atom. The van der Waals surface area contributed by atoms with Crippen molar-refractivity contribution in [1.29, 1.82) is 0 Å². The highest BCUT2D eigenvalue weighted by Crippen LogP contribution is 2.66. The summed E-state index contributed by atoms with van der Waals surface area (Å²) in [6.45, 7) is 10.3. The first-order chi connectivity index (χ1) is 16.7. The van der Waals surface area contributed by atoms with Gasteiger partial charge in [0.05, 0.1) is 6.61 Å². The van der Waals surface area contributed by atoms with Gasteiger partial charge < -0.3 is 20.1 Å². The summed E-state index contributed by atoms with van der Waals surface area (Å²) in [5.74, 6) is 1.98. The van der Waals surface area contributed by atoms with Crippen LogP contribution in [0.25, 0.3) is 0 Å². The number of carbonyl (C=O) groups excluding carboxylic acids is 1. The monoisotopic (exact) mass is 476 g/mol. The molecule has 4 atom stereocenters. The minimum absolute atomic E-state index is 0.0623. The Labute approximate surface area is 210 Å². The van der Waals surface area contributed by atoms with Crippen molar-refractivity contribution in [2.75, 3.05) is 18.5 Å². The van der Waals surface area contributed by atoms with E-state index in [-0.39, 0.29) is 18.1 Å². The third kappa shape index (κ3) is 5.35. The maximum Gasteiger partial charge on any atom is 0.262 e. The van der Waals surface area contributed by atoms with Gasteiger partial charge in [-0.3, -0.25) is 4.79 Å². The van der Waals surface area contributed by atoms with Crippen molar-refractivity contribution in [3.63, 3.8) is 0 Å². The molecule has 0 spiro atoms. The van der Waals surface area contributed by atoms with Gasteiger partial charge in [-0.15, -0.1) is 0 Å². The Morgan fingerprint density at radius 2 is 1.66 bits per heavy atom. The van der Waals surface area contributed by atoms with Crippen LogP contribution in [0.5, 0.6) is 11.5 Å². The fraction of sp³-hybridized carbons (Fsp3) is 0.567. The summed E-state index contributed by atoms with van der Waals surface area (Å²) in [5, 5.41) is 6.88. The second kappa shape index (κ2) is 9.16. The van der Waals surface area contributed by atoms with Crippen molar-refractivity contribution >= 4 is 11.6 Å². The van der Waals surface area contributed by atoms with E-state index in [1.165, 1.54) is 44.1 Å². The summed E-state index contributed by atoms with van der Waals surface area (Å²) in [6.07, 6.45) is 8.10. The Kier molecular flexibility index (Phi) is 6.33. The molecule has 0 heterocycles. The zero-order valence-electron chi connectivity index (χ0n) is 21.7. The van der Waals surface area contributed by atoms with E-state index in [2.05, 4.69) is 36.6 Å². The van der Waals surface area contributed by atoms with E-state index in [0.29, 0.717) is 28.9 Å². The number of amides is 1. The lowest BCUT2D eigenvalue weighted by Gasteiger charge is -2.65. The molecule has 0 aliphatic heterocycles. The van der Waals surface area contributed by atoms with Crippen LogP contribution >= 0.6 is 0 Å². The Bertz CT molecular complexity index is 1060. The van der Waals surface area contributed by atoms with Crippen LogP contribution in [0.2, 0.25) is 0 Å². The van der Waals surface area contributed by atoms with E-state index in [0.717, 1.165) is 23.7 Å². The van der Waals surface area contributed by atoms with Gasteiger partial charge in [-0.2, -0.15) is 0 Å². The lowest BCUT2D eigenvalue weighted by atomic mass is 9.43. The van der Waals surface area contributed by atoms with Crippen LogP contribution < -0.4 is 20.1 Å². The first-order valence-corrected chi connectivity index (χ1v) is 13.2. The molecule has 5 nitrogen and oxygen atoms in total. The molecule has 4 saturated carbocycles. The molecule has 5 heteroatoms. The van der Waals surface area contributed by atoms with Crippen molar-refractivity contribution < 1.29 is 14.3 Å². The maximum atomic E-state index is 12.4. The number of benzene rings is 2.